The van der Waals surface area contributed by atoms with Crippen molar-refractivity contribution in [3.63, 3.8) is 0 Å². The largest absolute Gasteiger partial charge is 0.492 e. The van der Waals surface area contributed by atoms with E-state index in [-0.39, 0.29) is 5.84 Å². The standard InChI is InChI=1S/C15H23N3O3/c1-15(19)6-8-18(9-7-15)10-11-21-13-4-2-12(3-5-13)14(16)17-20/h2-5,19-20H,6-11H2,1H3,(H2,16,17). The number of piperidine rings is 1. The number of oxime groups is 1. The Kier molecular flexibility index (Phi) is 5.03. The van der Waals surface area contributed by atoms with Crippen molar-refractivity contribution in [1.82, 2.24) is 4.90 Å². The van der Waals surface area contributed by atoms with Gasteiger partial charge in [-0.3, -0.25) is 4.90 Å². The maximum absolute atomic E-state index is 9.89. The van der Waals surface area contributed by atoms with E-state index in [2.05, 4.69) is 10.1 Å². The smallest absolute Gasteiger partial charge is 0.170 e. The summed E-state index contributed by atoms with van der Waals surface area (Å²) in [5.74, 6) is 0.843. The molecule has 0 saturated carbocycles. The molecule has 0 radical (unpaired) electrons. The number of hydrogen-bond acceptors (Lipinski definition) is 5. The minimum atomic E-state index is -0.513. The molecule has 0 aromatic heterocycles. The molecular formula is C15H23N3O3. The van der Waals surface area contributed by atoms with E-state index in [1.165, 1.54) is 0 Å². The third-order valence-corrected chi connectivity index (χ3v) is 3.87. The Morgan fingerprint density at radius 3 is 2.52 bits per heavy atom. The van der Waals surface area contributed by atoms with Gasteiger partial charge in [-0.05, 0) is 44.0 Å². The molecule has 1 fully saturated rings. The Morgan fingerprint density at radius 1 is 1.33 bits per heavy atom. The third kappa shape index (κ3) is 4.61. The Morgan fingerprint density at radius 2 is 1.95 bits per heavy atom. The Labute approximate surface area is 124 Å². The normalized spacial score (nSPS) is 19.4. The van der Waals surface area contributed by atoms with E-state index < -0.39 is 5.60 Å². The molecule has 1 saturated heterocycles. The number of benzene rings is 1. The van der Waals surface area contributed by atoms with Crippen molar-refractivity contribution in [3.05, 3.63) is 29.8 Å². The molecule has 6 nitrogen and oxygen atoms in total. The first-order valence-electron chi connectivity index (χ1n) is 7.16. The first-order valence-corrected chi connectivity index (χ1v) is 7.16. The van der Waals surface area contributed by atoms with Gasteiger partial charge in [-0.15, -0.1) is 0 Å². The molecule has 1 aliphatic heterocycles. The van der Waals surface area contributed by atoms with Crippen LogP contribution in [0.5, 0.6) is 5.75 Å². The molecule has 0 aliphatic carbocycles. The number of aliphatic hydroxyl groups is 1. The Balaban J connectivity index is 1.74. The van der Waals surface area contributed by atoms with Gasteiger partial charge < -0.3 is 20.8 Å². The van der Waals surface area contributed by atoms with E-state index in [0.29, 0.717) is 12.2 Å². The molecule has 21 heavy (non-hydrogen) atoms. The maximum Gasteiger partial charge on any atom is 0.170 e. The van der Waals surface area contributed by atoms with E-state index in [4.69, 9.17) is 15.7 Å². The Hall–Kier alpha value is -1.79. The van der Waals surface area contributed by atoms with Crippen LogP contribution in [-0.4, -0.2) is 52.9 Å². The average Bonchev–Trinajstić information content (AvgIpc) is 2.49. The molecule has 0 bridgehead atoms. The molecule has 0 unspecified atom stereocenters. The van der Waals surface area contributed by atoms with Crippen LogP contribution in [0, 0.1) is 0 Å². The summed E-state index contributed by atoms with van der Waals surface area (Å²) in [4.78, 5) is 2.29. The van der Waals surface area contributed by atoms with Gasteiger partial charge in [0.15, 0.2) is 5.84 Å². The SMILES string of the molecule is CC1(O)CCN(CCOc2ccc(/C(N)=N/O)cc2)CC1. The number of rotatable bonds is 5. The molecule has 0 atom stereocenters. The van der Waals surface area contributed by atoms with E-state index in [9.17, 15) is 5.11 Å². The van der Waals surface area contributed by atoms with Crippen LogP contribution in [0.1, 0.15) is 25.3 Å². The van der Waals surface area contributed by atoms with Gasteiger partial charge in [0.2, 0.25) is 0 Å². The summed E-state index contributed by atoms with van der Waals surface area (Å²) in [5, 5.41) is 21.4. The second kappa shape index (κ2) is 6.78. The predicted octanol–water partition coefficient (Wildman–Crippen LogP) is 1.01. The van der Waals surface area contributed by atoms with Crippen LogP contribution < -0.4 is 10.5 Å². The maximum atomic E-state index is 9.89. The average molecular weight is 293 g/mol. The quantitative estimate of drug-likeness (QED) is 0.326. The van der Waals surface area contributed by atoms with Crippen LogP contribution in [-0.2, 0) is 0 Å². The predicted molar refractivity (Wildman–Crippen MR) is 80.7 cm³/mol. The van der Waals surface area contributed by atoms with E-state index in [1.54, 1.807) is 24.3 Å². The van der Waals surface area contributed by atoms with Gasteiger partial charge in [0.05, 0.1) is 5.60 Å². The number of likely N-dealkylation sites (tertiary alicyclic amines) is 1. The van der Waals surface area contributed by atoms with Crippen LogP contribution in [0.2, 0.25) is 0 Å². The molecule has 1 aliphatic rings. The van der Waals surface area contributed by atoms with Gasteiger partial charge in [0.25, 0.3) is 0 Å². The first-order chi connectivity index (χ1) is 10.00. The summed E-state index contributed by atoms with van der Waals surface area (Å²) in [7, 11) is 0. The molecule has 2 rings (SSSR count). The summed E-state index contributed by atoms with van der Waals surface area (Å²) in [5.41, 5.74) is 5.64. The summed E-state index contributed by atoms with van der Waals surface area (Å²) in [6, 6.07) is 7.10. The van der Waals surface area contributed by atoms with Gasteiger partial charge in [-0.1, -0.05) is 5.16 Å². The number of nitrogens with two attached hydrogens (primary N) is 1. The van der Waals surface area contributed by atoms with E-state index in [1.807, 2.05) is 6.92 Å². The molecule has 0 spiro atoms. The molecular weight excluding hydrogens is 270 g/mol. The molecule has 1 aromatic rings. The van der Waals surface area contributed by atoms with Crippen LogP contribution in [0.4, 0.5) is 0 Å². The van der Waals surface area contributed by atoms with Crippen LogP contribution >= 0.6 is 0 Å². The number of nitrogens with zero attached hydrogens (tertiary/aromatic N) is 2. The molecule has 1 heterocycles. The fourth-order valence-corrected chi connectivity index (χ4v) is 2.33. The highest BCUT2D eigenvalue weighted by atomic mass is 16.5. The second-order valence-electron chi connectivity index (χ2n) is 5.70. The fraction of sp³-hybridized carbons (Fsp3) is 0.533. The minimum absolute atomic E-state index is 0.0851. The lowest BCUT2D eigenvalue weighted by molar-refractivity contribution is -0.00768. The number of amidine groups is 1. The van der Waals surface area contributed by atoms with Crippen molar-refractivity contribution in [2.45, 2.75) is 25.4 Å². The van der Waals surface area contributed by atoms with E-state index >= 15 is 0 Å². The minimum Gasteiger partial charge on any atom is -0.492 e. The van der Waals surface area contributed by atoms with E-state index in [0.717, 1.165) is 38.2 Å². The number of hydrogen-bond donors (Lipinski definition) is 3. The molecule has 116 valence electrons. The Bertz CT molecular complexity index is 475. The molecule has 6 heteroatoms. The third-order valence-electron chi connectivity index (χ3n) is 3.87. The zero-order chi connectivity index (χ0) is 15.3. The number of ether oxygens (including phenoxy) is 1. The summed E-state index contributed by atoms with van der Waals surface area (Å²) >= 11 is 0. The first kappa shape index (κ1) is 15.6. The topological polar surface area (TPSA) is 91.3 Å². The van der Waals surface area contributed by atoms with Gasteiger partial charge in [0.1, 0.15) is 12.4 Å². The summed E-state index contributed by atoms with van der Waals surface area (Å²) in [6.45, 7) is 5.14. The van der Waals surface area contributed by atoms with Crippen molar-refractivity contribution < 1.29 is 15.1 Å². The lowest BCUT2D eigenvalue weighted by Gasteiger charge is -2.35. The highest BCUT2D eigenvalue weighted by Crippen LogP contribution is 2.20. The zero-order valence-electron chi connectivity index (χ0n) is 12.3. The van der Waals surface area contributed by atoms with Crippen LogP contribution in [0.15, 0.2) is 29.4 Å². The monoisotopic (exact) mass is 293 g/mol. The van der Waals surface area contributed by atoms with Crippen molar-refractivity contribution in [2.75, 3.05) is 26.2 Å². The van der Waals surface area contributed by atoms with Crippen molar-refractivity contribution in [1.29, 1.82) is 0 Å². The van der Waals surface area contributed by atoms with Crippen molar-refractivity contribution >= 4 is 5.84 Å². The second-order valence-corrected chi connectivity index (χ2v) is 5.70. The van der Waals surface area contributed by atoms with Crippen molar-refractivity contribution in [2.24, 2.45) is 10.9 Å². The van der Waals surface area contributed by atoms with Crippen molar-refractivity contribution in [3.8, 4) is 5.75 Å². The highest BCUT2D eigenvalue weighted by molar-refractivity contribution is 5.97. The summed E-state index contributed by atoms with van der Waals surface area (Å²) in [6.07, 6.45) is 1.61. The molecule has 4 N–H and O–H groups in total. The van der Waals surface area contributed by atoms with Gasteiger partial charge in [0, 0.05) is 25.2 Å². The molecule has 1 aromatic carbocycles. The lowest BCUT2D eigenvalue weighted by Crippen LogP contribution is -2.43. The highest BCUT2D eigenvalue weighted by Gasteiger charge is 2.26. The lowest BCUT2D eigenvalue weighted by atomic mass is 9.94. The fourth-order valence-electron chi connectivity index (χ4n) is 2.33. The van der Waals surface area contributed by atoms with Crippen LogP contribution in [0.3, 0.4) is 0 Å². The summed E-state index contributed by atoms with van der Waals surface area (Å²) < 4.78 is 5.68. The van der Waals surface area contributed by atoms with Gasteiger partial charge in [-0.25, -0.2) is 0 Å². The van der Waals surface area contributed by atoms with Gasteiger partial charge >= 0.3 is 0 Å². The zero-order valence-corrected chi connectivity index (χ0v) is 12.3. The van der Waals surface area contributed by atoms with Gasteiger partial charge in [-0.2, -0.15) is 0 Å². The molecule has 0 amide bonds. The van der Waals surface area contributed by atoms with Crippen LogP contribution in [0.25, 0.3) is 0 Å².